The normalized spacial score (nSPS) is 11.0. The summed E-state index contributed by atoms with van der Waals surface area (Å²) in [5, 5.41) is 1.34. The van der Waals surface area contributed by atoms with Crippen LogP contribution in [0.5, 0.6) is 0 Å². The molecule has 0 spiro atoms. The number of aromatic nitrogens is 1. The molecule has 0 saturated carbocycles. The topological polar surface area (TPSA) is 15.8 Å². The van der Waals surface area contributed by atoms with Gasteiger partial charge in [0.25, 0.3) is 0 Å². The maximum Gasteiger partial charge on any atom is 0.0456 e. The third-order valence-corrected chi connectivity index (χ3v) is 3.11. The van der Waals surface area contributed by atoms with Crippen LogP contribution in [0.4, 0.5) is 0 Å². The Hall–Kier alpha value is -0.510. The van der Waals surface area contributed by atoms with Gasteiger partial charge in [-0.1, -0.05) is 13.3 Å². The van der Waals surface area contributed by atoms with E-state index in [0.717, 1.165) is 0 Å². The number of fused-ring (bicyclic) bond motifs is 1. The molecule has 0 aliphatic heterocycles. The number of hydrogen-bond acceptors (Lipinski definition) is 0. The first-order valence-corrected chi connectivity index (χ1v) is 6.14. The van der Waals surface area contributed by atoms with Gasteiger partial charge in [0, 0.05) is 20.2 Å². The Bertz CT molecular complexity index is 431. The summed E-state index contributed by atoms with van der Waals surface area (Å²) in [7, 11) is 0. The Morgan fingerprint density at radius 2 is 2.14 bits per heavy atom. The average Bonchev–Trinajstić information content (AvgIpc) is 2.56. The lowest BCUT2D eigenvalue weighted by atomic mass is 10.2. The number of aryl methyl sites for hydroxylation is 1. The zero-order valence-electron chi connectivity index (χ0n) is 8.31. The fraction of sp³-hybridized carbons (Fsp3) is 0.333. The molecule has 1 aromatic carbocycles. The number of aromatic amines is 1. The maximum atomic E-state index is 3.45. The molecule has 0 fully saturated rings. The van der Waals surface area contributed by atoms with Crippen LogP contribution in [0.2, 0.25) is 0 Å². The van der Waals surface area contributed by atoms with Crippen LogP contribution in [0, 0.1) is 3.57 Å². The molecular weight excluding hydrogens is 285 g/mol. The summed E-state index contributed by atoms with van der Waals surface area (Å²) in [6, 6.07) is 8.80. The van der Waals surface area contributed by atoms with Crippen LogP contribution in [-0.4, -0.2) is 4.98 Å². The minimum absolute atomic E-state index is 1.17. The average molecular weight is 299 g/mol. The van der Waals surface area contributed by atoms with E-state index in [9.17, 15) is 0 Å². The highest BCUT2D eigenvalue weighted by Gasteiger charge is 2.00. The lowest BCUT2D eigenvalue weighted by Gasteiger charge is -1.92. The van der Waals surface area contributed by atoms with Crippen LogP contribution in [0.15, 0.2) is 24.3 Å². The first-order valence-electron chi connectivity index (χ1n) is 5.07. The third kappa shape index (κ3) is 2.11. The fourth-order valence-corrected chi connectivity index (χ4v) is 2.18. The Balaban J connectivity index is 2.32. The molecule has 0 bridgehead atoms. The van der Waals surface area contributed by atoms with E-state index in [1.807, 2.05) is 0 Å². The zero-order chi connectivity index (χ0) is 9.97. The summed E-state index contributed by atoms with van der Waals surface area (Å²) in [4.78, 5) is 3.45. The van der Waals surface area contributed by atoms with Crippen molar-refractivity contribution in [1.29, 1.82) is 0 Å². The van der Waals surface area contributed by atoms with Gasteiger partial charge in [-0.2, -0.15) is 0 Å². The first kappa shape index (κ1) is 10.0. The number of benzene rings is 1. The molecule has 14 heavy (non-hydrogen) atoms. The molecule has 0 radical (unpaired) electrons. The highest BCUT2D eigenvalue weighted by molar-refractivity contribution is 14.1. The molecule has 1 nitrogen and oxygen atoms in total. The van der Waals surface area contributed by atoms with Crippen molar-refractivity contribution < 1.29 is 0 Å². The van der Waals surface area contributed by atoms with Crippen molar-refractivity contribution >= 4 is 33.5 Å². The molecule has 2 rings (SSSR count). The minimum atomic E-state index is 1.17. The number of unbranched alkanes of at least 4 members (excludes halogenated alkanes) is 1. The SMILES string of the molecule is CCCCc1cc2cc(I)ccc2[nH]1. The van der Waals surface area contributed by atoms with Gasteiger partial charge in [-0.15, -0.1) is 0 Å². The van der Waals surface area contributed by atoms with E-state index < -0.39 is 0 Å². The molecular formula is C12H14IN. The minimum Gasteiger partial charge on any atom is -0.358 e. The summed E-state index contributed by atoms with van der Waals surface area (Å²) in [6.07, 6.45) is 3.69. The van der Waals surface area contributed by atoms with E-state index in [4.69, 9.17) is 0 Å². The second kappa shape index (κ2) is 4.34. The summed E-state index contributed by atoms with van der Waals surface area (Å²) >= 11 is 2.35. The smallest absolute Gasteiger partial charge is 0.0456 e. The largest absolute Gasteiger partial charge is 0.358 e. The molecule has 1 N–H and O–H groups in total. The molecule has 0 aliphatic carbocycles. The van der Waals surface area contributed by atoms with Crippen molar-refractivity contribution in [2.24, 2.45) is 0 Å². The van der Waals surface area contributed by atoms with Gasteiger partial charge in [0.15, 0.2) is 0 Å². The molecule has 74 valence electrons. The van der Waals surface area contributed by atoms with Gasteiger partial charge in [-0.3, -0.25) is 0 Å². The monoisotopic (exact) mass is 299 g/mol. The van der Waals surface area contributed by atoms with E-state index in [2.05, 4.69) is 58.8 Å². The Kier molecular flexibility index (Phi) is 3.11. The number of hydrogen-bond donors (Lipinski definition) is 1. The van der Waals surface area contributed by atoms with E-state index in [1.165, 1.54) is 39.4 Å². The first-order chi connectivity index (χ1) is 6.79. The summed E-state index contributed by atoms with van der Waals surface area (Å²) < 4.78 is 1.30. The second-order valence-electron chi connectivity index (χ2n) is 3.63. The second-order valence-corrected chi connectivity index (χ2v) is 4.88. The molecule has 2 heteroatoms. The van der Waals surface area contributed by atoms with Crippen molar-refractivity contribution in [2.75, 3.05) is 0 Å². The lowest BCUT2D eigenvalue weighted by molar-refractivity contribution is 0.782. The maximum absolute atomic E-state index is 3.45. The molecule has 0 saturated heterocycles. The number of H-pyrrole nitrogens is 1. The van der Waals surface area contributed by atoms with E-state index in [-0.39, 0.29) is 0 Å². The van der Waals surface area contributed by atoms with E-state index >= 15 is 0 Å². The third-order valence-electron chi connectivity index (χ3n) is 2.44. The number of rotatable bonds is 3. The van der Waals surface area contributed by atoms with E-state index in [0.29, 0.717) is 0 Å². The van der Waals surface area contributed by atoms with Crippen molar-refractivity contribution in [3.05, 3.63) is 33.5 Å². The van der Waals surface area contributed by atoms with Gasteiger partial charge in [0.1, 0.15) is 0 Å². The predicted octanol–water partition coefficient (Wildman–Crippen LogP) is 4.12. The molecule has 0 unspecified atom stereocenters. The van der Waals surface area contributed by atoms with Crippen LogP contribution in [0.1, 0.15) is 25.5 Å². The van der Waals surface area contributed by atoms with Gasteiger partial charge in [0.2, 0.25) is 0 Å². The Morgan fingerprint density at radius 3 is 2.93 bits per heavy atom. The van der Waals surface area contributed by atoms with Gasteiger partial charge < -0.3 is 4.98 Å². The number of halogens is 1. The quantitative estimate of drug-likeness (QED) is 0.821. The number of nitrogens with one attached hydrogen (secondary N) is 1. The molecule has 0 atom stereocenters. The standard InChI is InChI=1S/C12H14IN/c1-2-3-4-11-8-9-7-10(13)5-6-12(9)14-11/h5-8,14H,2-4H2,1H3. The van der Waals surface area contributed by atoms with Gasteiger partial charge in [-0.25, -0.2) is 0 Å². The molecule has 1 aromatic heterocycles. The van der Waals surface area contributed by atoms with Gasteiger partial charge in [-0.05, 0) is 59.7 Å². The van der Waals surface area contributed by atoms with E-state index in [1.54, 1.807) is 0 Å². The summed E-state index contributed by atoms with van der Waals surface area (Å²) in [5.74, 6) is 0. The van der Waals surface area contributed by atoms with Gasteiger partial charge in [0.05, 0.1) is 0 Å². The molecule has 0 amide bonds. The fourth-order valence-electron chi connectivity index (χ4n) is 1.67. The van der Waals surface area contributed by atoms with Crippen molar-refractivity contribution in [3.8, 4) is 0 Å². The van der Waals surface area contributed by atoms with Crippen LogP contribution in [0.25, 0.3) is 10.9 Å². The van der Waals surface area contributed by atoms with Crippen molar-refractivity contribution in [2.45, 2.75) is 26.2 Å². The predicted molar refractivity (Wildman–Crippen MR) is 69.6 cm³/mol. The van der Waals surface area contributed by atoms with Crippen LogP contribution in [-0.2, 0) is 6.42 Å². The molecule has 2 aromatic rings. The summed E-state index contributed by atoms with van der Waals surface area (Å²) in [5.41, 5.74) is 2.63. The molecule has 1 heterocycles. The Labute approximate surface area is 98.0 Å². The summed E-state index contributed by atoms with van der Waals surface area (Å²) in [6.45, 7) is 2.23. The van der Waals surface area contributed by atoms with Crippen LogP contribution < -0.4 is 0 Å². The Morgan fingerprint density at radius 1 is 1.29 bits per heavy atom. The zero-order valence-corrected chi connectivity index (χ0v) is 10.5. The highest BCUT2D eigenvalue weighted by Crippen LogP contribution is 2.19. The molecule has 0 aliphatic rings. The van der Waals surface area contributed by atoms with Crippen molar-refractivity contribution in [1.82, 2.24) is 4.98 Å². The van der Waals surface area contributed by atoms with Crippen LogP contribution in [0.3, 0.4) is 0 Å². The van der Waals surface area contributed by atoms with Crippen LogP contribution >= 0.6 is 22.6 Å². The highest BCUT2D eigenvalue weighted by atomic mass is 127. The van der Waals surface area contributed by atoms with Crippen molar-refractivity contribution in [3.63, 3.8) is 0 Å². The van der Waals surface area contributed by atoms with Gasteiger partial charge >= 0.3 is 0 Å². The lowest BCUT2D eigenvalue weighted by Crippen LogP contribution is -1.82.